The Hall–Kier alpha value is -8.41. The molecule has 10 aromatic rings. The van der Waals surface area contributed by atoms with Crippen molar-refractivity contribution in [2.45, 2.75) is 0 Å². The second-order valence-corrected chi connectivity index (χ2v) is 15.0. The summed E-state index contributed by atoms with van der Waals surface area (Å²) < 4.78 is 0. The molecule has 0 saturated heterocycles. The second-order valence-electron chi connectivity index (χ2n) is 15.0. The third-order valence-corrected chi connectivity index (χ3v) is 11.1. The third-order valence-electron chi connectivity index (χ3n) is 11.1. The van der Waals surface area contributed by atoms with Crippen LogP contribution in [0.4, 0.5) is 0 Å². The maximum atomic E-state index is 15.6. The second kappa shape index (κ2) is 17.1. The highest BCUT2D eigenvalue weighted by Gasteiger charge is 2.21. The number of rotatable bonds is 10. The predicted octanol–water partition coefficient (Wildman–Crippen LogP) is 13.8. The van der Waals surface area contributed by atoms with E-state index in [1.807, 2.05) is 170 Å². The Morgan fingerprint density at radius 1 is 0.258 bits per heavy atom. The highest BCUT2D eigenvalue weighted by Crippen LogP contribution is 2.40. The van der Waals surface area contributed by atoms with Gasteiger partial charge in [-0.25, -0.2) is 0 Å². The van der Waals surface area contributed by atoms with E-state index in [0.29, 0.717) is 11.1 Å². The van der Waals surface area contributed by atoms with Gasteiger partial charge in [-0.1, -0.05) is 121 Å². The van der Waals surface area contributed by atoms with Gasteiger partial charge in [0.05, 0.1) is 22.8 Å². The number of nitrogens with zero attached hydrogens (tertiary/aromatic N) is 4. The monoisotopic (exact) mass is 794 g/mol. The molecular formula is C57H38N4O. The topological polar surface area (TPSA) is 68.6 Å². The van der Waals surface area contributed by atoms with Gasteiger partial charge < -0.3 is 0 Å². The van der Waals surface area contributed by atoms with E-state index in [1.165, 1.54) is 0 Å². The van der Waals surface area contributed by atoms with E-state index in [2.05, 4.69) is 60.7 Å². The molecule has 0 fully saturated rings. The zero-order valence-electron chi connectivity index (χ0n) is 33.6. The van der Waals surface area contributed by atoms with Crippen LogP contribution in [-0.4, -0.2) is 25.7 Å². The Bertz CT molecular complexity index is 2770. The molecule has 0 radical (unpaired) electrons. The van der Waals surface area contributed by atoms with E-state index in [9.17, 15) is 0 Å². The van der Waals surface area contributed by atoms with Crippen LogP contribution in [0.1, 0.15) is 15.9 Å². The van der Waals surface area contributed by atoms with Gasteiger partial charge in [0.2, 0.25) is 0 Å². The van der Waals surface area contributed by atoms with Gasteiger partial charge in [0, 0.05) is 58.2 Å². The Kier molecular flexibility index (Phi) is 10.4. The number of hydrogen-bond donors (Lipinski definition) is 0. The summed E-state index contributed by atoms with van der Waals surface area (Å²) in [5.41, 5.74) is 15.9. The largest absolute Gasteiger partial charge is 0.289 e. The molecule has 0 amide bonds. The average molecular weight is 795 g/mol. The van der Waals surface area contributed by atoms with Gasteiger partial charge in [0.25, 0.3) is 0 Å². The number of carbonyl (C=O) groups excluding carboxylic acids is 1. The van der Waals surface area contributed by atoms with Crippen LogP contribution in [0.5, 0.6) is 0 Å². The van der Waals surface area contributed by atoms with Crippen LogP contribution in [0.15, 0.2) is 231 Å². The molecule has 0 unspecified atom stereocenters. The van der Waals surface area contributed by atoms with Crippen molar-refractivity contribution in [1.82, 2.24) is 19.9 Å². The minimum absolute atomic E-state index is 0.104. The first kappa shape index (κ1) is 37.8. The molecule has 10 rings (SSSR count). The zero-order valence-corrected chi connectivity index (χ0v) is 33.6. The van der Waals surface area contributed by atoms with E-state index < -0.39 is 0 Å². The van der Waals surface area contributed by atoms with Gasteiger partial charge in [0.15, 0.2) is 5.78 Å². The van der Waals surface area contributed by atoms with Crippen molar-refractivity contribution in [3.63, 3.8) is 0 Å². The van der Waals surface area contributed by atoms with Crippen molar-refractivity contribution >= 4 is 5.78 Å². The maximum absolute atomic E-state index is 15.6. The highest BCUT2D eigenvalue weighted by molar-refractivity contribution is 6.12. The fraction of sp³-hybridized carbons (Fsp3) is 0. The van der Waals surface area contributed by atoms with Crippen molar-refractivity contribution in [2.24, 2.45) is 0 Å². The average Bonchev–Trinajstić information content (AvgIpc) is 3.37. The van der Waals surface area contributed by atoms with E-state index in [4.69, 9.17) is 19.9 Å². The molecule has 4 heterocycles. The zero-order chi connectivity index (χ0) is 41.7. The van der Waals surface area contributed by atoms with Crippen LogP contribution in [0.25, 0.3) is 89.5 Å². The van der Waals surface area contributed by atoms with Crippen LogP contribution >= 0.6 is 0 Å². The molecular weight excluding hydrogens is 757 g/mol. The van der Waals surface area contributed by atoms with Crippen molar-refractivity contribution in [1.29, 1.82) is 0 Å². The van der Waals surface area contributed by atoms with Gasteiger partial charge in [-0.2, -0.15) is 0 Å². The summed E-state index contributed by atoms with van der Waals surface area (Å²) in [5, 5.41) is 0. The van der Waals surface area contributed by atoms with Crippen LogP contribution in [-0.2, 0) is 0 Å². The van der Waals surface area contributed by atoms with Gasteiger partial charge in [0.1, 0.15) is 0 Å². The minimum atomic E-state index is -0.104. The Morgan fingerprint density at radius 2 is 0.484 bits per heavy atom. The van der Waals surface area contributed by atoms with Crippen molar-refractivity contribution in [2.75, 3.05) is 0 Å². The number of hydrogen-bond acceptors (Lipinski definition) is 5. The van der Waals surface area contributed by atoms with Crippen LogP contribution in [0.3, 0.4) is 0 Å². The Labute approximate surface area is 360 Å². The summed E-state index contributed by atoms with van der Waals surface area (Å²) >= 11 is 0. The van der Waals surface area contributed by atoms with E-state index in [1.54, 1.807) is 0 Å². The lowest BCUT2D eigenvalue weighted by Crippen LogP contribution is -2.04. The first-order valence-electron chi connectivity index (χ1n) is 20.6. The van der Waals surface area contributed by atoms with Crippen molar-refractivity contribution < 1.29 is 4.79 Å². The van der Waals surface area contributed by atoms with E-state index in [0.717, 1.165) is 89.5 Å². The van der Waals surface area contributed by atoms with Crippen molar-refractivity contribution in [3.05, 3.63) is 242 Å². The number of pyridine rings is 4. The van der Waals surface area contributed by atoms with Crippen LogP contribution < -0.4 is 0 Å². The quantitative estimate of drug-likeness (QED) is 0.129. The number of carbonyl (C=O) groups is 1. The molecule has 0 atom stereocenters. The van der Waals surface area contributed by atoms with Crippen LogP contribution in [0, 0.1) is 0 Å². The molecule has 0 aliphatic heterocycles. The molecule has 292 valence electrons. The molecule has 0 bridgehead atoms. The standard InChI is InChI=1S/C57H38N4O/c62-57(43-35-39(45-17-1-5-21-49(45)53-25-9-13-29-58-53)33-40(36-43)46-18-2-6-22-50(46)54-26-10-14-30-59-54)44-37-41(47-19-3-7-23-51(47)55-27-11-15-31-60-55)34-42(38-44)48-20-4-8-24-52(48)56-28-12-16-32-61-56/h1-38H. The summed E-state index contributed by atoms with van der Waals surface area (Å²) in [7, 11) is 0. The summed E-state index contributed by atoms with van der Waals surface area (Å²) in [5.74, 6) is -0.104. The summed E-state index contributed by atoms with van der Waals surface area (Å²) in [6, 6.07) is 69.2. The number of benzene rings is 6. The smallest absolute Gasteiger partial charge is 0.193 e. The highest BCUT2D eigenvalue weighted by atomic mass is 16.1. The molecule has 0 saturated carbocycles. The summed E-state index contributed by atoms with van der Waals surface area (Å²) in [6.07, 6.45) is 7.23. The normalized spacial score (nSPS) is 11.0. The number of aromatic nitrogens is 4. The van der Waals surface area contributed by atoms with Crippen molar-refractivity contribution in [3.8, 4) is 89.5 Å². The third kappa shape index (κ3) is 7.63. The molecule has 0 spiro atoms. The lowest BCUT2D eigenvalue weighted by atomic mass is 9.86. The van der Waals surface area contributed by atoms with Gasteiger partial charge >= 0.3 is 0 Å². The lowest BCUT2D eigenvalue weighted by molar-refractivity contribution is 0.103. The van der Waals surface area contributed by atoms with Crippen LogP contribution in [0.2, 0.25) is 0 Å². The number of ketones is 1. The Balaban J connectivity index is 1.20. The minimum Gasteiger partial charge on any atom is -0.289 e. The molecule has 0 aliphatic rings. The first-order valence-corrected chi connectivity index (χ1v) is 20.6. The molecule has 5 heteroatoms. The summed E-state index contributed by atoms with van der Waals surface area (Å²) in [6.45, 7) is 0. The molecule has 62 heavy (non-hydrogen) atoms. The van der Waals surface area contributed by atoms with E-state index >= 15 is 4.79 Å². The fourth-order valence-electron chi connectivity index (χ4n) is 8.23. The maximum Gasteiger partial charge on any atom is 0.193 e. The van der Waals surface area contributed by atoms with Gasteiger partial charge in [-0.3, -0.25) is 24.7 Å². The van der Waals surface area contributed by atoms with E-state index in [-0.39, 0.29) is 5.78 Å². The van der Waals surface area contributed by atoms with Gasteiger partial charge in [-0.05, 0) is 129 Å². The first-order chi connectivity index (χ1) is 30.7. The fourth-order valence-corrected chi connectivity index (χ4v) is 8.23. The summed E-state index contributed by atoms with van der Waals surface area (Å²) in [4.78, 5) is 34.5. The molecule has 0 N–H and O–H groups in total. The molecule has 5 nitrogen and oxygen atoms in total. The SMILES string of the molecule is O=C(c1cc(-c2ccccc2-c2ccccn2)cc(-c2ccccc2-c2ccccn2)c1)c1cc(-c2ccccc2-c2ccccn2)cc(-c2ccccc2-c2ccccn2)c1. The van der Waals surface area contributed by atoms with Gasteiger partial charge in [-0.15, -0.1) is 0 Å². The molecule has 4 aromatic heterocycles. The molecule has 0 aliphatic carbocycles. The predicted molar refractivity (Wildman–Crippen MR) is 251 cm³/mol. The Morgan fingerprint density at radius 3 is 0.710 bits per heavy atom. The molecule has 6 aromatic carbocycles. The lowest BCUT2D eigenvalue weighted by Gasteiger charge is -2.17.